The second-order valence-electron chi connectivity index (χ2n) is 4.02. The van der Waals surface area contributed by atoms with Crippen molar-refractivity contribution in [3.8, 4) is 0 Å². The van der Waals surface area contributed by atoms with Crippen molar-refractivity contribution in [2.45, 2.75) is 38.3 Å². The maximum Gasteiger partial charge on any atom is 0.162 e. The molecular weight excluding hydrogens is 200 g/mol. The predicted octanol–water partition coefficient (Wildman–Crippen LogP) is -0.510. The Kier molecular flexibility index (Phi) is 4.48. The van der Waals surface area contributed by atoms with Gasteiger partial charge >= 0.3 is 0 Å². The van der Waals surface area contributed by atoms with Gasteiger partial charge in [-0.2, -0.15) is 0 Å². The minimum atomic E-state index is -1.36. The van der Waals surface area contributed by atoms with Crippen LogP contribution in [0.5, 0.6) is 0 Å². The van der Waals surface area contributed by atoms with Gasteiger partial charge in [-0.3, -0.25) is 0 Å². The summed E-state index contributed by atoms with van der Waals surface area (Å²) in [4.78, 5) is 0. The molecule has 3 N–H and O–H groups in total. The second kappa shape index (κ2) is 5.23. The summed E-state index contributed by atoms with van der Waals surface area (Å²) >= 11 is 0. The summed E-state index contributed by atoms with van der Waals surface area (Å²) in [5.41, 5.74) is -1.36. The van der Waals surface area contributed by atoms with Crippen molar-refractivity contribution in [2.75, 3.05) is 19.8 Å². The van der Waals surface area contributed by atoms with Crippen LogP contribution in [-0.4, -0.2) is 53.1 Å². The molecule has 1 aliphatic heterocycles. The average molecular weight is 220 g/mol. The molecule has 1 fully saturated rings. The van der Waals surface area contributed by atoms with Crippen LogP contribution in [-0.2, 0) is 9.47 Å². The molecule has 1 saturated heterocycles. The first-order valence-corrected chi connectivity index (χ1v) is 5.29. The summed E-state index contributed by atoms with van der Waals surface area (Å²) in [5.74, 6) is -0.310. The molecule has 0 bridgehead atoms. The highest BCUT2D eigenvalue weighted by atomic mass is 16.7. The van der Waals surface area contributed by atoms with E-state index in [-0.39, 0.29) is 25.6 Å². The number of rotatable bonds is 4. The quantitative estimate of drug-likeness (QED) is 0.594. The molecule has 0 amide bonds. The lowest BCUT2D eigenvalue weighted by atomic mass is 9.83. The maximum absolute atomic E-state index is 10.0. The van der Waals surface area contributed by atoms with Gasteiger partial charge in [-0.1, -0.05) is 6.92 Å². The molecule has 0 aromatic rings. The Bertz CT molecular complexity index is 198. The van der Waals surface area contributed by atoms with Gasteiger partial charge in [0.15, 0.2) is 6.29 Å². The van der Waals surface area contributed by atoms with Crippen LogP contribution in [0.2, 0.25) is 0 Å². The van der Waals surface area contributed by atoms with E-state index in [9.17, 15) is 10.2 Å². The molecule has 4 unspecified atom stereocenters. The fourth-order valence-corrected chi connectivity index (χ4v) is 1.88. The first-order chi connectivity index (χ1) is 7.05. The van der Waals surface area contributed by atoms with Crippen LogP contribution in [0.15, 0.2) is 0 Å². The van der Waals surface area contributed by atoms with Crippen molar-refractivity contribution in [1.29, 1.82) is 0 Å². The van der Waals surface area contributed by atoms with E-state index in [1.165, 1.54) is 0 Å². The van der Waals surface area contributed by atoms with Crippen LogP contribution in [0.4, 0.5) is 0 Å². The van der Waals surface area contributed by atoms with Gasteiger partial charge in [0.05, 0.1) is 12.7 Å². The van der Waals surface area contributed by atoms with Gasteiger partial charge in [0.1, 0.15) is 5.60 Å². The summed E-state index contributed by atoms with van der Waals surface area (Å²) in [7, 11) is 0. The molecule has 0 aliphatic carbocycles. The van der Waals surface area contributed by atoms with Crippen LogP contribution < -0.4 is 0 Å². The van der Waals surface area contributed by atoms with Crippen molar-refractivity contribution in [1.82, 2.24) is 0 Å². The third kappa shape index (κ3) is 2.68. The SMILES string of the molecule is CCOC1OCC(O)(CCO)C(O)C1C. The highest BCUT2D eigenvalue weighted by Crippen LogP contribution is 2.31. The van der Waals surface area contributed by atoms with Crippen LogP contribution in [0.3, 0.4) is 0 Å². The van der Waals surface area contributed by atoms with E-state index in [2.05, 4.69) is 0 Å². The standard InChI is InChI=1S/C10H20O5/c1-3-14-9-7(2)8(12)10(13,4-5-11)6-15-9/h7-9,11-13H,3-6H2,1-2H3. The molecule has 1 rings (SSSR count). The minimum absolute atomic E-state index is 0.0102. The number of aliphatic hydroxyl groups excluding tert-OH is 2. The highest BCUT2D eigenvalue weighted by Gasteiger charge is 2.46. The lowest BCUT2D eigenvalue weighted by Gasteiger charge is -2.43. The Labute approximate surface area is 89.6 Å². The van der Waals surface area contributed by atoms with Gasteiger partial charge in [-0.25, -0.2) is 0 Å². The molecule has 4 atom stereocenters. The van der Waals surface area contributed by atoms with Gasteiger partial charge in [-0.05, 0) is 6.92 Å². The van der Waals surface area contributed by atoms with E-state index in [1.807, 2.05) is 6.92 Å². The Balaban J connectivity index is 2.63. The first-order valence-electron chi connectivity index (χ1n) is 5.29. The molecular formula is C10H20O5. The largest absolute Gasteiger partial charge is 0.396 e. The molecule has 1 aliphatic rings. The number of hydrogen-bond acceptors (Lipinski definition) is 5. The summed E-state index contributed by atoms with van der Waals surface area (Å²) in [6.45, 7) is 3.91. The van der Waals surface area contributed by atoms with E-state index in [0.717, 1.165) is 0 Å². The number of ether oxygens (including phenoxy) is 2. The third-order valence-electron chi connectivity index (χ3n) is 2.85. The van der Waals surface area contributed by atoms with E-state index in [1.54, 1.807) is 6.92 Å². The van der Waals surface area contributed by atoms with Gasteiger partial charge in [0.2, 0.25) is 0 Å². The van der Waals surface area contributed by atoms with Crippen LogP contribution in [0.1, 0.15) is 20.3 Å². The molecule has 0 saturated carbocycles. The van der Waals surface area contributed by atoms with E-state index < -0.39 is 18.0 Å². The molecule has 0 aromatic heterocycles. The van der Waals surface area contributed by atoms with Crippen molar-refractivity contribution >= 4 is 0 Å². The van der Waals surface area contributed by atoms with Crippen LogP contribution >= 0.6 is 0 Å². The Morgan fingerprint density at radius 1 is 1.53 bits per heavy atom. The molecule has 0 spiro atoms. The van der Waals surface area contributed by atoms with Gasteiger partial charge in [0, 0.05) is 25.6 Å². The molecule has 0 radical (unpaired) electrons. The molecule has 1 heterocycles. The molecule has 90 valence electrons. The summed E-state index contributed by atoms with van der Waals surface area (Å²) < 4.78 is 10.6. The molecule has 15 heavy (non-hydrogen) atoms. The zero-order chi connectivity index (χ0) is 11.5. The zero-order valence-corrected chi connectivity index (χ0v) is 9.22. The monoisotopic (exact) mass is 220 g/mol. The summed E-state index contributed by atoms with van der Waals surface area (Å²) in [6, 6.07) is 0. The van der Waals surface area contributed by atoms with E-state index in [0.29, 0.717) is 6.61 Å². The topological polar surface area (TPSA) is 79.2 Å². The Hall–Kier alpha value is -0.200. The van der Waals surface area contributed by atoms with Crippen LogP contribution in [0.25, 0.3) is 0 Å². The normalized spacial score (nSPS) is 41.8. The summed E-state index contributed by atoms with van der Waals surface area (Å²) in [5, 5.41) is 28.7. The fourth-order valence-electron chi connectivity index (χ4n) is 1.88. The maximum atomic E-state index is 10.0. The lowest BCUT2D eigenvalue weighted by Crippen LogP contribution is -2.58. The summed E-state index contributed by atoms with van der Waals surface area (Å²) in [6.07, 6.45) is -1.31. The fraction of sp³-hybridized carbons (Fsp3) is 1.00. The lowest BCUT2D eigenvalue weighted by molar-refractivity contribution is -0.279. The third-order valence-corrected chi connectivity index (χ3v) is 2.85. The van der Waals surface area contributed by atoms with Crippen LogP contribution in [0, 0.1) is 5.92 Å². The second-order valence-corrected chi connectivity index (χ2v) is 4.02. The number of hydrogen-bond donors (Lipinski definition) is 3. The van der Waals surface area contributed by atoms with Crippen molar-refractivity contribution < 1.29 is 24.8 Å². The van der Waals surface area contributed by atoms with Gasteiger partial charge in [0.25, 0.3) is 0 Å². The number of aliphatic hydroxyl groups is 3. The van der Waals surface area contributed by atoms with Gasteiger partial charge < -0.3 is 24.8 Å². The van der Waals surface area contributed by atoms with Crippen molar-refractivity contribution in [2.24, 2.45) is 5.92 Å². The van der Waals surface area contributed by atoms with E-state index in [4.69, 9.17) is 14.6 Å². The highest BCUT2D eigenvalue weighted by molar-refractivity contribution is 4.93. The molecule has 5 nitrogen and oxygen atoms in total. The first kappa shape index (κ1) is 12.9. The van der Waals surface area contributed by atoms with Gasteiger partial charge in [-0.15, -0.1) is 0 Å². The predicted molar refractivity (Wildman–Crippen MR) is 53.2 cm³/mol. The smallest absolute Gasteiger partial charge is 0.162 e. The van der Waals surface area contributed by atoms with Crippen molar-refractivity contribution in [3.05, 3.63) is 0 Å². The average Bonchev–Trinajstić information content (AvgIpc) is 2.20. The Morgan fingerprint density at radius 2 is 2.20 bits per heavy atom. The molecule has 5 heteroatoms. The molecule has 0 aromatic carbocycles. The minimum Gasteiger partial charge on any atom is -0.396 e. The van der Waals surface area contributed by atoms with E-state index >= 15 is 0 Å². The Morgan fingerprint density at radius 3 is 2.73 bits per heavy atom. The zero-order valence-electron chi connectivity index (χ0n) is 9.22. The van der Waals surface area contributed by atoms with Crippen molar-refractivity contribution in [3.63, 3.8) is 0 Å².